The summed E-state index contributed by atoms with van der Waals surface area (Å²) in [5, 5.41) is 1.11. The Morgan fingerprint density at radius 1 is 1.25 bits per heavy atom. The molecule has 0 unspecified atom stereocenters. The summed E-state index contributed by atoms with van der Waals surface area (Å²) in [6, 6.07) is 7.94. The number of sulfonamides is 1. The molecule has 20 heavy (non-hydrogen) atoms. The predicted molar refractivity (Wildman–Crippen MR) is 82.2 cm³/mol. The van der Waals surface area contributed by atoms with Crippen molar-refractivity contribution in [2.45, 2.75) is 12.2 Å². The molecule has 1 aromatic carbocycles. The summed E-state index contributed by atoms with van der Waals surface area (Å²) < 4.78 is 26.0. The predicted octanol–water partition coefficient (Wildman–Crippen LogP) is 1.32. The van der Waals surface area contributed by atoms with Gasteiger partial charge in [-0.25, -0.2) is 13.1 Å². The molecule has 2 rings (SSSR count). The number of hydrogen-bond donors (Lipinski definition) is 2. The molecular formula is C14H21N3O2S. The standard InChI is InChI=1S/C14H21N3O2S/c1-15-20(18,19)10-14-12(8-9-17(2)3)11-6-4-5-7-13(11)16-14/h4-7,15-16H,8-10H2,1-3H3. The minimum atomic E-state index is -3.28. The highest BCUT2D eigenvalue weighted by atomic mass is 32.2. The Balaban J connectivity index is 2.43. The van der Waals surface area contributed by atoms with Gasteiger partial charge in [0.25, 0.3) is 0 Å². The molecule has 0 amide bonds. The van der Waals surface area contributed by atoms with Crippen molar-refractivity contribution in [3.8, 4) is 0 Å². The normalized spacial score (nSPS) is 12.4. The van der Waals surface area contributed by atoms with E-state index in [-0.39, 0.29) is 5.75 Å². The maximum Gasteiger partial charge on any atom is 0.217 e. The van der Waals surface area contributed by atoms with Crippen molar-refractivity contribution >= 4 is 20.9 Å². The minimum absolute atomic E-state index is 0.0130. The summed E-state index contributed by atoms with van der Waals surface area (Å²) >= 11 is 0. The average Bonchev–Trinajstić information content (AvgIpc) is 2.73. The van der Waals surface area contributed by atoms with E-state index in [1.54, 1.807) is 0 Å². The van der Waals surface area contributed by atoms with Crippen LogP contribution < -0.4 is 4.72 Å². The summed E-state index contributed by atoms with van der Waals surface area (Å²) in [5.41, 5.74) is 2.86. The minimum Gasteiger partial charge on any atom is -0.357 e. The van der Waals surface area contributed by atoms with Gasteiger partial charge in [0.15, 0.2) is 0 Å². The van der Waals surface area contributed by atoms with Gasteiger partial charge in [0.2, 0.25) is 10.0 Å². The van der Waals surface area contributed by atoms with Crippen LogP contribution in [0.25, 0.3) is 10.9 Å². The second-order valence-electron chi connectivity index (χ2n) is 5.14. The Bertz CT molecular complexity index is 690. The van der Waals surface area contributed by atoms with Crippen LogP contribution in [-0.2, 0) is 22.2 Å². The fourth-order valence-corrected chi connectivity index (χ4v) is 3.03. The van der Waals surface area contributed by atoms with Gasteiger partial charge in [0, 0.05) is 23.1 Å². The second kappa shape index (κ2) is 5.95. The highest BCUT2D eigenvalue weighted by Crippen LogP contribution is 2.24. The molecule has 0 atom stereocenters. The number of aromatic nitrogens is 1. The summed E-state index contributed by atoms with van der Waals surface area (Å²) in [6.45, 7) is 0.883. The molecule has 5 nitrogen and oxygen atoms in total. The Morgan fingerprint density at radius 3 is 2.60 bits per heavy atom. The first-order valence-corrected chi connectivity index (χ1v) is 8.22. The van der Waals surface area contributed by atoms with Crippen LogP contribution in [-0.4, -0.2) is 46.0 Å². The topological polar surface area (TPSA) is 65.2 Å². The van der Waals surface area contributed by atoms with Crippen LogP contribution in [0, 0.1) is 0 Å². The zero-order valence-corrected chi connectivity index (χ0v) is 12.9. The highest BCUT2D eigenvalue weighted by molar-refractivity contribution is 7.88. The summed E-state index contributed by atoms with van der Waals surface area (Å²) in [5.74, 6) is -0.0130. The van der Waals surface area contributed by atoms with Crippen molar-refractivity contribution in [3.63, 3.8) is 0 Å². The van der Waals surface area contributed by atoms with E-state index in [1.165, 1.54) is 7.05 Å². The molecule has 1 heterocycles. The lowest BCUT2D eigenvalue weighted by Crippen LogP contribution is -2.22. The van der Waals surface area contributed by atoms with Gasteiger partial charge in [-0.2, -0.15) is 0 Å². The van der Waals surface area contributed by atoms with Gasteiger partial charge in [0.05, 0.1) is 0 Å². The first kappa shape index (κ1) is 15.0. The van der Waals surface area contributed by atoms with Gasteiger partial charge in [-0.3, -0.25) is 0 Å². The molecular weight excluding hydrogens is 274 g/mol. The van der Waals surface area contributed by atoms with E-state index in [4.69, 9.17) is 0 Å². The number of H-pyrrole nitrogens is 1. The van der Waals surface area contributed by atoms with E-state index in [0.29, 0.717) is 0 Å². The average molecular weight is 295 g/mol. The largest absolute Gasteiger partial charge is 0.357 e. The zero-order chi connectivity index (χ0) is 14.8. The molecule has 1 aromatic heterocycles. The number of rotatable bonds is 6. The number of nitrogens with one attached hydrogen (secondary N) is 2. The molecule has 0 saturated heterocycles. The van der Waals surface area contributed by atoms with Gasteiger partial charge in [0.1, 0.15) is 5.75 Å². The first-order chi connectivity index (χ1) is 9.43. The molecule has 0 saturated carbocycles. The monoisotopic (exact) mass is 295 g/mol. The third-order valence-corrected chi connectivity index (χ3v) is 4.65. The third-order valence-electron chi connectivity index (χ3n) is 3.36. The fraction of sp³-hybridized carbons (Fsp3) is 0.429. The maximum absolute atomic E-state index is 11.8. The van der Waals surface area contributed by atoms with Gasteiger partial charge < -0.3 is 9.88 Å². The highest BCUT2D eigenvalue weighted by Gasteiger charge is 2.17. The molecule has 0 spiro atoms. The molecule has 0 fully saturated rings. The van der Waals surface area contributed by atoms with Crippen LogP contribution in [0.3, 0.4) is 0 Å². The Kier molecular flexibility index (Phi) is 4.47. The number of para-hydroxylation sites is 1. The quantitative estimate of drug-likeness (QED) is 0.845. The Morgan fingerprint density at radius 2 is 1.95 bits per heavy atom. The van der Waals surface area contributed by atoms with E-state index in [0.717, 1.165) is 35.1 Å². The number of fused-ring (bicyclic) bond motifs is 1. The molecule has 2 aromatic rings. The zero-order valence-electron chi connectivity index (χ0n) is 12.1. The lowest BCUT2D eigenvalue weighted by molar-refractivity contribution is 0.414. The van der Waals surface area contributed by atoms with Crippen molar-refractivity contribution in [1.29, 1.82) is 0 Å². The van der Waals surface area contributed by atoms with Crippen molar-refractivity contribution in [2.24, 2.45) is 0 Å². The smallest absolute Gasteiger partial charge is 0.217 e. The Hall–Kier alpha value is -1.37. The van der Waals surface area contributed by atoms with Crippen LogP contribution in [0.5, 0.6) is 0 Å². The van der Waals surface area contributed by atoms with E-state index < -0.39 is 10.0 Å². The number of benzene rings is 1. The molecule has 0 aliphatic rings. The van der Waals surface area contributed by atoms with Crippen LogP contribution >= 0.6 is 0 Å². The lowest BCUT2D eigenvalue weighted by atomic mass is 10.1. The molecule has 2 N–H and O–H groups in total. The van der Waals surface area contributed by atoms with Crippen molar-refractivity contribution in [3.05, 3.63) is 35.5 Å². The molecule has 0 aliphatic carbocycles. The van der Waals surface area contributed by atoms with E-state index in [9.17, 15) is 8.42 Å². The molecule has 6 heteroatoms. The van der Waals surface area contributed by atoms with Crippen molar-refractivity contribution in [2.75, 3.05) is 27.7 Å². The molecule has 0 aliphatic heterocycles. The maximum atomic E-state index is 11.8. The fourth-order valence-electron chi connectivity index (χ4n) is 2.26. The van der Waals surface area contributed by atoms with Gasteiger partial charge >= 0.3 is 0 Å². The summed E-state index contributed by atoms with van der Waals surface area (Å²) in [7, 11) is 2.19. The van der Waals surface area contributed by atoms with Gasteiger partial charge in [-0.05, 0) is 39.2 Å². The Labute approximate surface area is 120 Å². The van der Waals surface area contributed by atoms with Gasteiger partial charge in [-0.15, -0.1) is 0 Å². The lowest BCUT2D eigenvalue weighted by Gasteiger charge is -2.10. The van der Waals surface area contributed by atoms with Crippen LogP contribution in [0.1, 0.15) is 11.3 Å². The van der Waals surface area contributed by atoms with Gasteiger partial charge in [-0.1, -0.05) is 18.2 Å². The molecule has 0 bridgehead atoms. The van der Waals surface area contributed by atoms with Crippen LogP contribution in [0.2, 0.25) is 0 Å². The van der Waals surface area contributed by atoms with E-state index in [2.05, 4.69) is 14.6 Å². The SMILES string of the molecule is CNS(=O)(=O)Cc1[nH]c2ccccc2c1CCN(C)C. The molecule has 110 valence electrons. The number of hydrogen-bond acceptors (Lipinski definition) is 3. The molecule has 0 radical (unpaired) electrons. The number of likely N-dealkylation sites (N-methyl/N-ethyl adjacent to an activating group) is 1. The summed E-state index contributed by atoms with van der Waals surface area (Å²) in [4.78, 5) is 5.34. The number of aromatic amines is 1. The summed E-state index contributed by atoms with van der Waals surface area (Å²) in [6.07, 6.45) is 0.825. The first-order valence-electron chi connectivity index (χ1n) is 6.57. The third kappa shape index (κ3) is 3.39. The van der Waals surface area contributed by atoms with Crippen LogP contribution in [0.15, 0.2) is 24.3 Å². The van der Waals surface area contributed by atoms with E-state index in [1.807, 2.05) is 38.4 Å². The van der Waals surface area contributed by atoms with Crippen molar-refractivity contribution < 1.29 is 8.42 Å². The second-order valence-corrected chi connectivity index (χ2v) is 7.07. The van der Waals surface area contributed by atoms with Crippen LogP contribution in [0.4, 0.5) is 0 Å². The van der Waals surface area contributed by atoms with E-state index >= 15 is 0 Å². The number of nitrogens with zero attached hydrogens (tertiary/aromatic N) is 1. The van der Waals surface area contributed by atoms with Crippen molar-refractivity contribution in [1.82, 2.24) is 14.6 Å².